The van der Waals surface area contributed by atoms with Crippen LogP contribution in [0.2, 0.25) is 0 Å². The highest BCUT2D eigenvalue weighted by molar-refractivity contribution is 6.15. The number of furan rings is 2. The van der Waals surface area contributed by atoms with Crippen molar-refractivity contribution in [1.29, 1.82) is 0 Å². The average molecular weight is 408 g/mol. The summed E-state index contributed by atoms with van der Waals surface area (Å²) in [5.41, 5.74) is 0.134. The molecule has 1 amide bonds. The van der Waals surface area contributed by atoms with Crippen molar-refractivity contribution in [2.24, 2.45) is 0 Å². The molecule has 0 radical (unpaired) electrons. The highest BCUT2D eigenvalue weighted by atomic mass is 16.6. The highest BCUT2D eigenvalue weighted by Gasteiger charge is 2.44. The summed E-state index contributed by atoms with van der Waals surface area (Å²) in [7, 11) is 0. The molecular weight excluding hydrogens is 392 g/mol. The first-order valence-corrected chi connectivity index (χ1v) is 8.99. The molecule has 30 heavy (non-hydrogen) atoms. The fraction of sp³-hybridized carbons (Fsp3) is 0.143. The molecule has 0 saturated heterocycles. The van der Waals surface area contributed by atoms with Crippen LogP contribution in [0.15, 0.2) is 75.0 Å². The Morgan fingerprint density at radius 2 is 1.93 bits per heavy atom. The lowest BCUT2D eigenvalue weighted by Gasteiger charge is -2.25. The number of aryl methyl sites for hydroxylation is 1. The van der Waals surface area contributed by atoms with E-state index >= 15 is 0 Å². The molecule has 1 unspecified atom stereocenters. The monoisotopic (exact) mass is 408 g/mol. The SMILES string of the molecule is Cc1ccc(C(=O)C2=C(O)C(=O)N(Cc3ccco3)C2c2ccc([N+](=O)[O-])cc2)o1. The summed E-state index contributed by atoms with van der Waals surface area (Å²) < 4.78 is 10.7. The lowest BCUT2D eigenvalue weighted by atomic mass is 9.95. The van der Waals surface area contributed by atoms with Gasteiger partial charge in [0.2, 0.25) is 5.78 Å². The zero-order valence-electron chi connectivity index (χ0n) is 15.8. The van der Waals surface area contributed by atoms with Gasteiger partial charge in [-0.2, -0.15) is 0 Å². The number of hydrogen-bond acceptors (Lipinski definition) is 7. The normalized spacial score (nSPS) is 16.4. The molecule has 1 aliphatic rings. The van der Waals surface area contributed by atoms with Gasteiger partial charge in [-0.1, -0.05) is 0 Å². The fourth-order valence-electron chi connectivity index (χ4n) is 3.43. The number of non-ortho nitro benzene ring substituents is 1. The lowest BCUT2D eigenvalue weighted by molar-refractivity contribution is -0.384. The Labute approximate surface area is 170 Å². The van der Waals surface area contributed by atoms with E-state index in [1.165, 1.54) is 41.5 Å². The topological polar surface area (TPSA) is 127 Å². The largest absolute Gasteiger partial charge is 0.503 e. The molecule has 3 aromatic rings. The molecule has 1 N–H and O–H groups in total. The van der Waals surface area contributed by atoms with Crippen LogP contribution in [0.5, 0.6) is 0 Å². The van der Waals surface area contributed by atoms with E-state index < -0.39 is 28.4 Å². The van der Waals surface area contributed by atoms with Crippen molar-refractivity contribution in [2.45, 2.75) is 19.5 Å². The van der Waals surface area contributed by atoms with Crippen LogP contribution in [-0.2, 0) is 11.3 Å². The first-order valence-electron chi connectivity index (χ1n) is 8.99. The third-order valence-electron chi connectivity index (χ3n) is 4.84. The van der Waals surface area contributed by atoms with Crippen molar-refractivity contribution in [3.05, 3.63) is 99.1 Å². The number of nitrogens with zero attached hydrogens (tertiary/aromatic N) is 2. The van der Waals surface area contributed by atoms with E-state index in [0.29, 0.717) is 17.1 Å². The van der Waals surface area contributed by atoms with Crippen LogP contribution in [0.25, 0.3) is 0 Å². The lowest BCUT2D eigenvalue weighted by Crippen LogP contribution is -2.30. The van der Waals surface area contributed by atoms with Crippen LogP contribution in [0, 0.1) is 17.0 Å². The van der Waals surface area contributed by atoms with Crippen molar-refractivity contribution in [3.63, 3.8) is 0 Å². The zero-order chi connectivity index (χ0) is 21.4. The number of nitro groups is 1. The minimum Gasteiger partial charge on any atom is -0.503 e. The van der Waals surface area contributed by atoms with Gasteiger partial charge in [0.1, 0.15) is 11.5 Å². The minimum atomic E-state index is -0.971. The van der Waals surface area contributed by atoms with Crippen LogP contribution in [0.1, 0.15) is 33.7 Å². The first kappa shape index (κ1) is 19.2. The quantitative estimate of drug-likeness (QED) is 0.373. The summed E-state index contributed by atoms with van der Waals surface area (Å²) in [5, 5.41) is 21.5. The Bertz CT molecular complexity index is 1160. The standard InChI is InChI=1S/C21H16N2O7/c1-12-4-9-16(30-12)19(24)17-18(13-5-7-14(8-6-13)23(27)28)22(21(26)20(17)25)11-15-3-2-10-29-15/h2-10,18,25H,11H2,1H3. The van der Waals surface area contributed by atoms with Crippen LogP contribution >= 0.6 is 0 Å². The van der Waals surface area contributed by atoms with Crippen molar-refractivity contribution in [2.75, 3.05) is 0 Å². The number of amides is 1. The number of nitro benzene ring substituents is 1. The molecule has 4 rings (SSSR count). The van der Waals surface area contributed by atoms with Gasteiger partial charge in [-0.15, -0.1) is 0 Å². The molecular formula is C21H16N2O7. The molecule has 2 aromatic heterocycles. The van der Waals surface area contributed by atoms with E-state index in [4.69, 9.17) is 8.83 Å². The molecule has 0 bridgehead atoms. The number of aliphatic hydroxyl groups excluding tert-OH is 1. The maximum absolute atomic E-state index is 13.1. The molecule has 1 atom stereocenters. The number of carbonyl (C=O) groups excluding carboxylic acids is 2. The molecule has 0 fully saturated rings. The van der Waals surface area contributed by atoms with Crippen LogP contribution in [-0.4, -0.2) is 26.6 Å². The van der Waals surface area contributed by atoms with Crippen molar-refractivity contribution in [3.8, 4) is 0 Å². The average Bonchev–Trinajstić information content (AvgIpc) is 3.45. The van der Waals surface area contributed by atoms with E-state index in [0.717, 1.165) is 0 Å². The number of benzene rings is 1. The molecule has 9 nitrogen and oxygen atoms in total. The zero-order valence-corrected chi connectivity index (χ0v) is 15.8. The van der Waals surface area contributed by atoms with Gasteiger partial charge in [0.25, 0.3) is 11.6 Å². The number of ketones is 1. The van der Waals surface area contributed by atoms with Crippen LogP contribution in [0.4, 0.5) is 5.69 Å². The highest BCUT2D eigenvalue weighted by Crippen LogP contribution is 2.40. The summed E-state index contributed by atoms with van der Waals surface area (Å²) >= 11 is 0. The van der Waals surface area contributed by atoms with Crippen molar-refractivity contribution >= 4 is 17.4 Å². The molecule has 152 valence electrons. The Morgan fingerprint density at radius 3 is 2.50 bits per heavy atom. The molecule has 3 heterocycles. The number of rotatable bonds is 6. The first-order chi connectivity index (χ1) is 14.4. The van der Waals surface area contributed by atoms with Gasteiger partial charge in [0.15, 0.2) is 11.5 Å². The molecule has 1 aromatic carbocycles. The Hall–Kier alpha value is -4.14. The predicted octanol–water partition coefficient (Wildman–Crippen LogP) is 3.87. The second-order valence-corrected chi connectivity index (χ2v) is 6.77. The molecule has 0 aliphatic carbocycles. The third-order valence-corrected chi connectivity index (χ3v) is 4.84. The van der Waals surface area contributed by atoms with Gasteiger partial charge < -0.3 is 18.8 Å². The number of carbonyl (C=O) groups is 2. The van der Waals surface area contributed by atoms with Gasteiger partial charge in [-0.05, 0) is 48.9 Å². The van der Waals surface area contributed by atoms with Crippen molar-refractivity contribution < 1.29 is 28.5 Å². The summed E-state index contributed by atoms with van der Waals surface area (Å²) in [4.78, 5) is 37.6. The Kier molecular flexibility index (Phi) is 4.71. The summed E-state index contributed by atoms with van der Waals surface area (Å²) in [6.45, 7) is 1.66. The van der Waals surface area contributed by atoms with Gasteiger partial charge in [-0.3, -0.25) is 19.7 Å². The van der Waals surface area contributed by atoms with Crippen molar-refractivity contribution in [1.82, 2.24) is 4.90 Å². The summed E-state index contributed by atoms with van der Waals surface area (Å²) in [5.74, 6) is -1.15. The van der Waals surface area contributed by atoms with Gasteiger partial charge in [0, 0.05) is 12.1 Å². The van der Waals surface area contributed by atoms with E-state index in [2.05, 4.69) is 0 Å². The van der Waals surface area contributed by atoms with Gasteiger partial charge in [-0.25, -0.2) is 0 Å². The van der Waals surface area contributed by atoms with E-state index in [-0.39, 0.29) is 23.6 Å². The Balaban J connectivity index is 1.80. The maximum atomic E-state index is 13.1. The third kappa shape index (κ3) is 3.26. The molecule has 1 aliphatic heterocycles. The number of hydrogen-bond donors (Lipinski definition) is 1. The van der Waals surface area contributed by atoms with Gasteiger partial charge >= 0.3 is 0 Å². The predicted molar refractivity (Wildman–Crippen MR) is 103 cm³/mol. The van der Waals surface area contributed by atoms with Crippen LogP contribution < -0.4 is 0 Å². The second-order valence-electron chi connectivity index (χ2n) is 6.77. The number of aliphatic hydroxyl groups is 1. The molecule has 0 saturated carbocycles. The summed E-state index contributed by atoms with van der Waals surface area (Å²) in [6, 6.07) is 10.9. The molecule has 9 heteroatoms. The minimum absolute atomic E-state index is 0.00842. The second kappa shape index (κ2) is 7.36. The fourth-order valence-corrected chi connectivity index (χ4v) is 3.43. The van der Waals surface area contributed by atoms with E-state index in [9.17, 15) is 24.8 Å². The number of Topliss-reactive ketones (excluding diaryl/α,β-unsaturated/α-hetero) is 1. The molecule has 0 spiro atoms. The maximum Gasteiger partial charge on any atom is 0.290 e. The Morgan fingerprint density at radius 1 is 1.20 bits per heavy atom. The van der Waals surface area contributed by atoms with E-state index in [1.807, 2.05) is 0 Å². The smallest absolute Gasteiger partial charge is 0.290 e. The van der Waals surface area contributed by atoms with Gasteiger partial charge in [0.05, 0.1) is 29.3 Å². The summed E-state index contributed by atoms with van der Waals surface area (Å²) in [6.07, 6.45) is 1.45. The van der Waals surface area contributed by atoms with Crippen LogP contribution in [0.3, 0.4) is 0 Å². The van der Waals surface area contributed by atoms with E-state index in [1.54, 1.807) is 25.1 Å².